The van der Waals surface area contributed by atoms with Gasteiger partial charge in [0.05, 0.1) is 17.7 Å². The van der Waals surface area contributed by atoms with Crippen molar-refractivity contribution in [3.63, 3.8) is 0 Å². The van der Waals surface area contributed by atoms with Crippen molar-refractivity contribution in [1.82, 2.24) is 0 Å². The third-order valence-corrected chi connectivity index (χ3v) is 3.53. The highest BCUT2D eigenvalue weighted by molar-refractivity contribution is 6.34. The Labute approximate surface area is 136 Å². The highest BCUT2D eigenvalue weighted by atomic mass is 35.5. The van der Waals surface area contributed by atoms with Gasteiger partial charge in [-0.25, -0.2) is 14.2 Å². The SMILES string of the molecule is COc1ccc(/C=C2/N=C(c3ccccc3Cl)OC2=O)cc1F. The summed E-state index contributed by atoms with van der Waals surface area (Å²) in [7, 11) is 1.38. The first-order valence-corrected chi connectivity index (χ1v) is 7.07. The molecule has 0 aromatic heterocycles. The average molecular weight is 332 g/mol. The highest BCUT2D eigenvalue weighted by Gasteiger charge is 2.25. The fourth-order valence-corrected chi connectivity index (χ4v) is 2.31. The molecule has 0 spiro atoms. The second kappa shape index (κ2) is 6.22. The van der Waals surface area contributed by atoms with Crippen molar-refractivity contribution < 1.29 is 18.7 Å². The van der Waals surface area contributed by atoms with Crippen molar-refractivity contribution in [2.45, 2.75) is 0 Å². The molecule has 3 rings (SSSR count). The Morgan fingerprint density at radius 3 is 2.74 bits per heavy atom. The number of benzene rings is 2. The lowest BCUT2D eigenvalue weighted by Gasteiger charge is -2.01. The molecular formula is C17H11ClFNO3. The Bertz CT molecular complexity index is 845. The number of hydrogen-bond donors (Lipinski definition) is 0. The van der Waals surface area contributed by atoms with Gasteiger partial charge in [0, 0.05) is 0 Å². The van der Waals surface area contributed by atoms with Crippen molar-refractivity contribution in [3.05, 3.63) is 70.1 Å². The molecule has 0 atom stereocenters. The number of carbonyl (C=O) groups is 1. The summed E-state index contributed by atoms with van der Waals surface area (Å²) in [5.41, 5.74) is 1.07. The zero-order valence-electron chi connectivity index (χ0n) is 12.0. The van der Waals surface area contributed by atoms with Gasteiger partial charge in [-0.05, 0) is 35.9 Å². The van der Waals surface area contributed by atoms with E-state index in [4.69, 9.17) is 21.1 Å². The highest BCUT2D eigenvalue weighted by Crippen LogP contribution is 2.25. The number of rotatable bonds is 3. The van der Waals surface area contributed by atoms with Crippen LogP contribution in [-0.2, 0) is 9.53 Å². The lowest BCUT2D eigenvalue weighted by atomic mass is 10.2. The summed E-state index contributed by atoms with van der Waals surface area (Å²) in [6.07, 6.45) is 1.44. The second-order valence-corrected chi connectivity index (χ2v) is 5.12. The summed E-state index contributed by atoms with van der Waals surface area (Å²) in [6.45, 7) is 0. The number of aliphatic imine (C=N–C) groups is 1. The molecule has 2 aromatic carbocycles. The molecule has 0 aliphatic carbocycles. The number of halogens is 2. The zero-order chi connectivity index (χ0) is 16.4. The zero-order valence-corrected chi connectivity index (χ0v) is 12.8. The van der Waals surface area contributed by atoms with Crippen LogP contribution in [0.15, 0.2) is 53.2 Å². The maximum Gasteiger partial charge on any atom is 0.363 e. The number of cyclic esters (lactones) is 1. The topological polar surface area (TPSA) is 47.9 Å². The molecule has 116 valence electrons. The minimum absolute atomic E-state index is 0.0736. The first-order chi connectivity index (χ1) is 11.1. The maximum absolute atomic E-state index is 13.7. The fraction of sp³-hybridized carbons (Fsp3) is 0.0588. The smallest absolute Gasteiger partial charge is 0.363 e. The number of methoxy groups -OCH3 is 1. The Hall–Kier alpha value is -2.66. The van der Waals surface area contributed by atoms with Crippen LogP contribution in [-0.4, -0.2) is 19.0 Å². The van der Waals surface area contributed by atoms with Crippen molar-refractivity contribution in [1.29, 1.82) is 0 Å². The van der Waals surface area contributed by atoms with E-state index < -0.39 is 11.8 Å². The van der Waals surface area contributed by atoms with Gasteiger partial charge in [-0.2, -0.15) is 0 Å². The standard InChI is InChI=1S/C17H11ClFNO3/c1-22-15-7-6-10(8-13(15)19)9-14-17(21)23-16(20-14)11-4-2-3-5-12(11)18/h2-9H,1H3/b14-9+. The Morgan fingerprint density at radius 2 is 2.04 bits per heavy atom. The van der Waals surface area contributed by atoms with Gasteiger partial charge in [0.1, 0.15) is 0 Å². The summed E-state index contributed by atoms with van der Waals surface area (Å²) >= 11 is 6.06. The van der Waals surface area contributed by atoms with Crippen molar-refractivity contribution >= 4 is 29.5 Å². The van der Waals surface area contributed by atoms with Crippen LogP contribution in [0, 0.1) is 5.82 Å². The Balaban J connectivity index is 1.95. The lowest BCUT2D eigenvalue weighted by Crippen LogP contribution is -2.05. The molecule has 0 saturated carbocycles. The first kappa shape index (κ1) is 15.2. The molecule has 4 nitrogen and oxygen atoms in total. The van der Waals surface area contributed by atoms with Crippen LogP contribution in [0.5, 0.6) is 5.75 Å². The van der Waals surface area contributed by atoms with E-state index in [0.717, 1.165) is 0 Å². The molecule has 1 aliphatic rings. The summed E-state index contributed by atoms with van der Waals surface area (Å²) in [5, 5.41) is 0.427. The van der Waals surface area contributed by atoms with E-state index in [2.05, 4.69) is 4.99 Å². The quantitative estimate of drug-likeness (QED) is 0.634. The van der Waals surface area contributed by atoms with Crippen LogP contribution in [0.4, 0.5) is 4.39 Å². The van der Waals surface area contributed by atoms with Crippen LogP contribution in [0.3, 0.4) is 0 Å². The summed E-state index contributed by atoms with van der Waals surface area (Å²) in [4.78, 5) is 16.1. The molecular weight excluding hydrogens is 321 g/mol. The largest absolute Gasteiger partial charge is 0.494 e. The van der Waals surface area contributed by atoms with Gasteiger partial charge in [-0.1, -0.05) is 29.8 Å². The van der Waals surface area contributed by atoms with Gasteiger partial charge in [0.2, 0.25) is 5.90 Å². The van der Waals surface area contributed by atoms with Crippen LogP contribution in [0.25, 0.3) is 6.08 Å². The van der Waals surface area contributed by atoms with Crippen LogP contribution < -0.4 is 4.74 Å². The molecule has 1 aliphatic heterocycles. The van der Waals surface area contributed by atoms with E-state index in [1.807, 2.05) is 0 Å². The molecule has 0 fully saturated rings. The second-order valence-electron chi connectivity index (χ2n) is 4.71. The molecule has 0 bridgehead atoms. The number of ether oxygens (including phenoxy) is 2. The van der Waals surface area contributed by atoms with Crippen LogP contribution in [0.2, 0.25) is 5.02 Å². The van der Waals surface area contributed by atoms with Gasteiger partial charge < -0.3 is 9.47 Å². The molecule has 0 amide bonds. The predicted molar refractivity (Wildman–Crippen MR) is 85.0 cm³/mol. The molecule has 6 heteroatoms. The van der Waals surface area contributed by atoms with E-state index in [1.165, 1.54) is 25.3 Å². The minimum atomic E-state index is -0.615. The number of esters is 1. The molecule has 0 radical (unpaired) electrons. The summed E-state index contributed by atoms with van der Waals surface area (Å²) in [6, 6.07) is 11.2. The fourth-order valence-electron chi connectivity index (χ4n) is 2.09. The predicted octanol–water partition coefficient (Wildman–Crippen LogP) is 3.83. The summed E-state index contributed by atoms with van der Waals surface area (Å²) < 4.78 is 23.7. The normalized spacial score (nSPS) is 15.5. The molecule has 1 heterocycles. The Morgan fingerprint density at radius 1 is 1.26 bits per heavy atom. The number of carbonyl (C=O) groups excluding carboxylic acids is 1. The molecule has 0 N–H and O–H groups in total. The third-order valence-electron chi connectivity index (χ3n) is 3.20. The van der Waals surface area contributed by atoms with Gasteiger partial charge >= 0.3 is 5.97 Å². The third kappa shape index (κ3) is 3.10. The van der Waals surface area contributed by atoms with Crippen LogP contribution >= 0.6 is 11.6 Å². The van der Waals surface area contributed by atoms with E-state index in [9.17, 15) is 9.18 Å². The van der Waals surface area contributed by atoms with Gasteiger partial charge in [-0.15, -0.1) is 0 Å². The van der Waals surface area contributed by atoms with Crippen LogP contribution in [0.1, 0.15) is 11.1 Å². The van der Waals surface area contributed by atoms with E-state index in [1.54, 1.807) is 30.3 Å². The van der Waals surface area contributed by atoms with Crippen molar-refractivity contribution in [2.75, 3.05) is 7.11 Å². The van der Waals surface area contributed by atoms with Crippen molar-refractivity contribution in [3.8, 4) is 5.75 Å². The number of hydrogen-bond acceptors (Lipinski definition) is 4. The Kier molecular flexibility index (Phi) is 4.12. The molecule has 0 unspecified atom stereocenters. The lowest BCUT2D eigenvalue weighted by molar-refractivity contribution is -0.129. The summed E-state index contributed by atoms with van der Waals surface area (Å²) in [5.74, 6) is -0.887. The molecule has 0 saturated heterocycles. The van der Waals surface area contributed by atoms with Gasteiger partial charge in [-0.3, -0.25) is 0 Å². The van der Waals surface area contributed by atoms with E-state index >= 15 is 0 Å². The monoisotopic (exact) mass is 331 g/mol. The van der Waals surface area contributed by atoms with E-state index in [-0.39, 0.29) is 17.3 Å². The first-order valence-electron chi connectivity index (χ1n) is 6.69. The van der Waals surface area contributed by atoms with Crippen molar-refractivity contribution in [2.24, 2.45) is 4.99 Å². The molecule has 23 heavy (non-hydrogen) atoms. The molecule has 2 aromatic rings. The minimum Gasteiger partial charge on any atom is -0.494 e. The maximum atomic E-state index is 13.7. The number of nitrogens with zero attached hydrogens (tertiary/aromatic N) is 1. The van der Waals surface area contributed by atoms with E-state index in [0.29, 0.717) is 16.1 Å². The van der Waals surface area contributed by atoms with Gasteiger partial charge in [0.25, 0.3) is 0 Å². The average Bonchev–Trinajstić information content (AvgIpc) is 2.89. The van der Waals surface area contributed by atoms with Gasteiger partial charge in [0.15, 0.2) is 17.3 Å².